The molecule has 0 aliphatic rings. The van der Waals surface area contributed by atoms with E-state index in [9.17, 15) is 14.4 Å². The van der Waals surface area contributed by atoms with Gasteiger partial charge in [0.05, 0.1) is 24.0 Å². The number of benzene rings is 2. The van der Waals surface area contributed by atoms with Gasteiger partial charge in [-0.1, -0.05) is 30.3 Å². The van der Waals surface area contributed by atoms with Gasteiger partial charge in [0.25, 0.3) is 0 Å². The van der Waals surface area contributed by atoms with Crippen molar-refractivity contribution in [2.75, 3.05) is 17.2 Å². The lowest BCUT2D eigenvalue weighted by atomic mass is 10.2. The van der Waals surface area contributed by atoms with Crippen molar-refractivity contribution >= 4 is 57.8 Å². The fourth-order valence-electron chi connectivity index (χ4n) is 2.81. The van der Waals surface area contributed by atoms with Gasteiger partial charge in [0.2, 0.25) is 11.8 Å². The van der Waals surface area contributed by atoms with Crippen molar-refractivity contribution in [1.82, 2.24) is 4.98 Å². The summed E-state index contributed by atoms with van der Waals surface area (Å²) in [5.41, 5.74) is 2.18. The first-order valence-electron chi connectivity index (χ1n) is 10.6. The van der Waals surface area contributed by atoms with E-state index in [1.807, 2.05) is 42.5 Å². The van der Waals surface area contributed by atoms with Gasteiger partial charge in [0, 0.05) is 22.0 Å². The van der Waals surface area contributed by atoms with E-state index in [-0.39, 0.29) is 29.5 Å². The third-order valence-electron chi connectivity index (χ3n) is 4.44. The van der Waals surface area contributed by atoms with Crippen molar-refractivity contribution in [2.24, 2.45) is 0 Å². The van der Waals surface area contributed by atoms with Crippen molar-refractivity contribution in [3.8, 4) is 0 Å². The minimum atomic E-state index is -0.369. The minimum absolute atomic E-state index is 0.0788. The smallest absolute Gasteiger partial charge is 0.311 e. The lowest BCUT2D eigenvalue weighted by molar-refractivity contribution is -0.142. The molecular formula is C25H25N3O4S2. The maximum atomic E-state index is 12.5. The lowest BCUT2D eigenvalue weighted by Crippen LogP contribution is -2.22. The van der Waals surface area contributed by atoms with E-state index in [1.165, 1.54) is 29.2 Å². The normalized spacial score (nSPS) is 11.7. The number of anilines is 2. The van der Waals surface area contributed by atoms with Gasteiger partial charge >= 0.3 is 5.97 Å². The first-order valence-corrected chi connectivity index (χ1v) is 12.4. The second kappa shape index (κ2) is 12.7. The minimum Gasteiger partial charge on any atom is -0.466 e. The molecule has 0 aliphatic heterocycles. The molecule has 1 heterocycles. The summed E-state index contributed by atoms with van der Waals surface area (Å²) in [5.74, 6) is -0.755. The third-order valence-corrected chi connectivity index (χ3v) is 6.36. The van der Waals surface area contributed by atoms with Crippen LogP contribution in [-0.4, -0.2) is 34.6 Å². The van der Waals surface area contributed by atoms with E-state index >= 15 is 0 Å². The molecule has 2 amide bonds. The number of thiazole rings is 1. The van der Waals surface area contributed by atoms with Crippen LogP contribution in [0.1, 0.15) is 25.1 Å². The molecule has 2 N–H and O–H groups in total. The summed E-state index contributed by atoms with van der Waals surface area (Å²) in [6, 6.07) is 16.9. The Bertz CT molecular complexity index is 1140. The standard InChI is InChI=1S/C25H25N3O4S2/c1-3-32-23(30)15-20-16-33-25(27-20)28-24(31)17(2)34-21-12-10-19(11-13-21)26-22(29)14-9-18-7-5-4-6-8-18/h4-14,16-17H,3,15H2,1-2H3,(H,26,29)(H,27,28,31)/b14-9+. The number of carbonyl (C=O) groups excluding carboxylic acids is 3. The van der Waals surface area contributed by atoms with Gasteiger partial charge in [-0.2, -0.15) is 0 Å². The number of rotatable bonds is 10. The van der Waals surface area contributed by atoms with Gasteiger partial charge in [0.15, 0.2) is 5.13 Å². The highest BCUT2D eigenvalue weighted by Gasteiger charge is 2.17. The maximum absolute atomic E-state index is 12.5. The zero-order valence-electron chi connectivity index (χ0n) is 18.8. The van der Waals surface area contributed by atoms with Gasteiger partial charge in [-0.3, -0.25) is 14.4 Å². The largest absolute Gasteiger partial charge is 0.466 e. The topological polar surface area (TPSA) is 97.4 Å². The van der Waals surface area contributed by atoms with Crippen molar-refractivity contribution in [3.63, 3.8) is 0 Å². The van der Waals surface area contributed by atoms with E-state index in [2.05, 4.69) is 15.6 Å². The Balaban J connectivity index is 1.47. The molecular weight excluding hydrogens is 470 g/mol. The molecule has 1 atom stereocenters. The molecule has 0 radical (unpaired) electrons. The Morgan fingerprint density at radius 3 is 2.53 bits per heavy atom. The van der Waals surface area contributed by atoms with E-state index in [0.717, 1.165) is 10.5 Å². The van der Waals surface area contributed by atoms with Crippen LogP contribution in [0, 0.1) is 0 Å². The molecule has 0 spiro atoms. The van der Waals surface area contributed by atoms with E-state index in [4.69, 9.17) is 4.74 Å². The summed E-state index contributed by atoms with van der Waals surface area (Å²) in [6.07, 6.45) is 3.32. The zero-order chi connectivity index (χ0) is 24.3. The number of hydrogen-bond donors (Lipinski definition) is 2. The Hall–Kier alpha value is -3.43. The Morgan fingerprint density at radius 1 is 1.09 bits per heavy atom. The summed E-state index contributed by atoms with van der Waals surface area (Å²) >= 11 is 2.66. The number of amides is 2. The maximum Gasteiger partial charge on any atom is 0.311 e. The molecule has 1 unspecified atom stereocenters. The first-order chi connectivity index (χ1) is 16.4. The van der Waals surface area contributed by atoms with Crippen LogP contribution in [0.3, 0.4) is 0 Å². The number of thioether (sulfide) groups is 1. The predicted octanol–water partition coefficient (Wildman–Crippen LogP) is 5.02. The molecule has 0 saturated heterocycles. The Labute approximate surface area is 206 Å². The van der Waals surface area contributed by atoms with Crippen LogP contribution in [0.15, 0.2) is 70.9 Å². The molecule has 3 rings (SSSR count). The van der Waals surface area contributed by atoms with Gasteiger partial charge < -0.3 is 15.4 Å². The van der Waals surface area contributed by atoms with E-state index < -0.39 is 0 Å². The molecule has 7 nitrogen and oxygen atoms in total. The summed E-state index contributed by atoms with van der Waals surface area (Å²) in [5, 5.41) is 7.40. The summed E-state index contributed by atoms with van der Waals surface area (Å²) < 4.78 is 4.91. The van der Waals surface area contributed by atoms with Crippen LogP contribution in [-0.2, 0) is 25.5 Å². The fourth-order valence-corrected chi connectivity index (χ4v) is 4.39. The summed E-state index contributed by atoms with van der Waals surface area (Å²) in [4.78, 5) is 41.4. The average molecular weight is 496 g/mol. The molecule has 34 heavy (non-hydrogen) atoms. The Kier molecular flexibility index (Phi) is 9.42. The van der Waals surface area contributed by atoms with Crippen molar-refractivity contribution in [3.05, 3.63) is 77.3 Å². The van der Waals surface area contributed by atoms with Crippen molar-refractivity contribution < 1.29 is 19.1 Å². The fraction of sp³-hybridized carbons (Fsp3) is 0.200. The monoisotopic (exact) mass is 495 g/mol. The van der Waals surface area contributed by atoms with Crippen LogP contribution in [0.4, 0.5) is 10.8 Å². The highest BCUT2D eigenvalue weighted by Crippen LogP contribution is 2.26. The van der Waals surface area contributed by atoms with Crippen LogP contribution >= 0.6 is 23.1 Å². The van der Waals surface area contributed by atoms with Crippen LogP contribution < -0.4 is 10.6 Å². The Morgan fingerprint density at radius 2 is 1.82 bits per heavy atom. The molecule has 1 aromatic heterocycles. The molecule has 0 fully saturated rings. The summed E-state index contributed by atoms with van der Waals surface area (Å²) in [6.45, 7) is 3.87. The lowest BCUT2D eigenvalue weighted by Gasteiger charge is -2.11. The van der Waals surface area contributed by atoms with Crippen LogP contribution in [0.5, 0.6) is 0 Å². The van der Waals surface area contributed by atoms with E-state index in [1.54, 1.807) is 37.4 Å². The van der Waals surface area contributed by atoms with E-state index in [0.29, 0.717) is 23.1 Å². The number of ether oxygens (including phenoxy) is 1. The molecule has 3 aromatic rings. The number of nitrogens with zero attached hydrogens (tertiary/aromatic N) is 1. The number of carbonyl (C=O) groups is 3. The molecule has 176 valence electrons. The molecule has 0 bridgehead atoms. The SMILES string of the molecule is CCOC(=O)Cc1csc(NC(=O)C(C)Sc2ccc(NC(=O)/C=C/c3ccccc3)cc2)n1. The summed E-state index contributed by atoms with van der Waals surface area (Å²) in [7, 11) is 0. The molecule has 9 heteroatoms. The van der Waals surface area contributed by atoms with Crippen molar-refractivity contribution in [2.45, 2.75) is 30.4 Å². The third kappa shape index (κ3) is 8.17. The van der Waals surface area contributed by atoms with Gasteiger partial charge in [-0.25, -0.2) is 4.98 Å². The average Bonchev–Trinajstić information content (AvgIpc) is 3.26. The highest BCUT2D eigenvalue weighted by molar-refractivity contribution is 8.00. The van der Waals surface area contributed by atoms with Gasteiger partial charge in [-0.05, 0) is 49.8 Å². The highest BCUT2D eigenvalue weighted by atomic mass is 32.2. The molecule has 0 aliphatic carbocycles. The predicted molar refractivity (Wildman–Crippen MR) is 137 cm³/mol. The van der Waals surface area contributed by atoms with Gasteiger partial charge in [-0.15, -0.1) is 23.1 Å². The molecule has 0 saturated carbocycles. The number of hydrogen-bond acceptors (Lipinski definition) is 7. The number of nitrogens with one attached hydrogen (secondary N) is 2. The molecule has 2 aromatic carbocycles. The van der Waals surface area contributed by atoms with Crippen molar-refractivity contribution in [1.29, 1.82) is 0 Å². The van der Waals surface area contributed by atoms with Gasteiger partial charge in [0.1, 0.15) is 0 Å². The first kappa shape index (κ1) is 25.2. The second-order valence-electron chi connectivity index (χ2n) is 7.13. The number of esters is 1. The number of aromatic nitrogens is 1. The second-order valence-corrected chi connectivity index (χ2v) is 9.41. The van der Waals surface area contributed by atoms with Crippen LogP contribution in [0.25, 0.3) is 6.08 Å². The van der Waals surface area contributed by atoms with Crippen LogP contribution in [0.2, 0.25) is 0 Å². The zero-order valence-corrected chi connectivity index (χ0v) is 20.4. The quantitative estimate of drug-likeness (QED) is 0.233.